The highest BCUT2D eigenvalue weighted by Gasteiger charge is 2.23. The quantitative estimate of drug-likeness (QED) is 0.824. The molecule has 1 heterocycles. The minimum atomic E-state index is 0.0330. The Bertz CT molecular complexity index is 545. The van der Waals surface area contributed by atoms with E-state index in [9.17, 15) is 9.59 Å². The Morgan fingerprint density at radius 3 is 2.41 bits per heavy atom. The summed E-state index contributed by atoms with van der Waals surface area (Å²) in [4.78, 5) is 28.5. The van der Waals surface area contributed by atoms with Crippen LogP contribution in [0.4, 0.5) is 0 Å². The summed E-state index contributed by atoms with van der Waals surface area (Å²) in [6, 6.07) is 7.48. The maximum Gasteiger partial charge on any atom is 0.255 e. The molecule has 4 nitrogen and oxygen atoms in total. The van der Waals surface area contributed by atoms with E-state index in [-0.39, 0.29) is 11.8 Å². The van der Waals surface area contributed by atoms with Gasteiger partial charge in [-0.1, -0.05) is 26.0 Å². The average Bonchev–Trinajstić information content (AvgIpc) is 2.72. The predicted octanol–water partition coefficient (Wildman–Crippen LogP) is 3.17. The van der Waals surface area contributed by atoms with Crippen molar-refractivity contribution in [1.29, 1.82) is 0 Å². The first kappa shape index (κ1) is 17.0. The van der Waals surface area contributed by atoms with Gasteiger partial charge in [-0.05, 0) is 40.4 Å². The normalized spacial score (nSPS) is 15.8. The van der Waals surface area contributed by atoms with Crippen molar-refractivity contribution in [3.63, 3.8) is 0 Å². The predicted molar refractivity (Wildman–Crippen MR) is 90.7 cm³/mol. The van der Waals surface area contributed by atoms with Gasteiger partial charge in [-0.2, -0.15) is 0 Å². The van der Waals surface area contributed by atoms with Crippen LogP contribution in [-0.4, -0.2) is 47.8 Å². The largest absolute Gasteiger partial charge is 0.341 e. The lowest BCUT2D eigenvalue weighted by Crippen LogP contribution is -2.37. The summed E-state index contributed by atoms with van der Waals surface area (Å²) >= 11 is 3.43. The summed E-state index contributed by atoms with van der Waals surface area (Å²) in [6.45, 7) is 6.78. The minimum absolute atomic E-state index is 0.0330. The molecular formula is C17H23BrN2O2. The van der Waals surface area contributed by atoms with Crippen LogP contribution >= 0.6 is 15.9 Å². The van der Waals surface area contributed by atoms with E-state index < -0.39 is 0 Å². The fourth-order valence-corrected chi connectivity index (χ4v) is 3.11. The van der Waals surface area contributed by atoms with Gasteiger partial charge < -0.3 is 9.80 Å². The molecule has 0 atom stereocenters. The molecule has 120 valence electrons. The first-order valence-corrected chi connectivity index (χ1v) is 8.60. The number of rotatable bonds is 3. The van der Waals surface area contributed by atoms with Crippen LogP contribution in [-0.2, 0) is 4.79 Å². The van der Waals surface area contributed by atoms with Crippen molar-refractivity contribution in [1.82, 2.24) is 9.80 Å². The lowest BCUT2D eigenvalue weighted by molar-refractivity contribution is -0.131. The molecule has 0 aromatic heterocycles. The number of hydrogen-bond acceptors (Lipinski definition) is 2. The number of amides is 2. The molecule has 2 rings (SSSR count). The molecule has 0 bridgehead atoms. The van der Waals surface area contributed by atoms with Crippen molar-refractivity contribution in [3.8, 4) is 0 Å². The van der Waals surface area contributed by atoms with E-state index in [0.717, 1.165) is 17.4 Å². The third-order valence-electron chi connectivity index (χ3n) is 3.82. The SMILES string of the molecule is CC(C)CC(=O)N1CCCN(C(=O)c2ccccc2Br)CC1. The molecule has 0 saturated carbocycles. The van der Waals surface area contributed by atoms with Gasteiger partial charge in [0.05, 0.1) is 5.56 Å². The Balaban J connectivity index is 2.00. The molecule has 1 fully saturated rings. The summed E-state index contributed by atoms with van der Waals surface area (Å²) in [5, 5.41) is 0. The summed E-state index contributed by atoms with van der Waals surface area (Å²) in [5.41, 5.74) is 0.685. The minimum Gasteiger partial charge on any atom is -0.341 e. The summed E-state index contributed by atoms with van der Waals surface area (Å²) in [6.07, 6.45) is 1.41. The van der Waals surface area contributed by atoms with Crippen LogP contribution < -0.4 is 0 Å². The van der Waals surface area contributed by atoms with Crippen LogP contribution in [0, 0.1) is 5.92 Å². The van der Waals surface area contributed by atoms with Crippen molar-refractivity contribution >= 4 is 27.7 Å². The zero-order valence-corrected chi connectivity index (χ0v) is 14.8. The Morgan fingerprint density at radius 2 is 1.73 bits per heavy atom. The highest BCUT2D eigenvalue weighted by molar-refractivity contribution is 9.10. The van der Waals surface area contributed by atoms with Crippen molar-refractivity contribution in [2.75, 3.05) is 26.2 Å². The van der Waals surface area contributed by atoms with E-state index in [1.165, 1.54) is 0 Å². The third-order valence-corrected chi connectivity index (χ3v) is 4.51. The monoisotopic (exact) mass is 366 g/mol. The number of nitrogens with zero attached hydrogens (tertiary/aromatic N) is 2. The molecule has 1 aromatic carbocycles. The van der Waals surface area contributed by atoms with E-state index in [1.54, 1.807) is 0 Å². The zero-order valence-electron chi connectivity index (χ0n) is 13.2. The van der Waals surface area contributed by atoms with Gasteiger partial charge in [-0.15, -0.1) is 0 Å². The summed E-state index contributed by atoms with van der Waals surface area (Å²) < 4.78 is 0.817. The Kier molecular flexibility index (Phi) is 6.00. The topological polar surface area (TPSA) is 40.6 Å². The molecule has 0 aliphatic carbocycles. The van der Waals surface area contributed by atoms with Gasteiger partial charge in [0.25, 0.3) is 5.91 Å². The maximum absolute atomic E-state index is 12.6. The lowest BCUT2D eigenvalue weighted by atomic mass is 10.1. The van der Waals surface area contributed by atoms with E-state index in [1.807, 2.05) is 34.1 Å². The van der Waals surface area contributed by atoms with Crippen molar-refractivity contribution in [2.45, 2.75) is 26.7 Å². The number of benzene rings is 1. The molecular weight excluding hydrogens is 344 g/mol. The van der Waals surface area contributed by atoms with Gasteiger partial charge in [0.1, 0.15) is 0 Å². The molecule has 2 amide bonds. The van der Waals surface area contributed by atoms with E-state index >= 15 is 0 Å². The fourth-order valence-electron chi connectivity index (χ4n) is 2.65. The average molecular weight is 367 g/mol. The highest BCUT2D eigenvalue weighted by atomic mass is 79.9. The summed E-state index contributed by atoms with van der Waals surface area (Å²) in [5.74, 6) is 0.601. The van der Waals surface area contributed by atoms with E-state index in [0.29, 0.717) is 37.5 Å². The first-order valence-electron chi connectivity index (χ1n) is 7.80. The van der Waals surface area contributed by atoms with Crippen molar-refractivity contribution in [2.24, 2.45) is 5.92 Å². The number of halogens is 1. The molecule has 0 spiro atoms. The molecule has 1 aromatic rings. The van der Waals surface area contributed by atoms with Crippen LogP contribution in [0.1, 0.15) is 37.0 Å². The number of hydrogen-bond donors (Lipinski definition) is 0. The molecule has 22 heavy (non-hydrogen) atoms. The Hall–Kier alpha value is -1.36. The molecule has 0 unspecified atom stereocenters. The maximum atomic E-state index is 12.6. The second-order valence-corrected chi connectivity index (χ2v) is 6.96. The summed E-state index contributed by atoms with van der Waals surface area (Å²) in [7, 11) is 0. The lowest BCUT2D eigenvalue weighted by Gasteiger charge is -2.23. The van der Waals surface area contributed by atoms with Crippen molar-refractivity contribution < 1.29 is 9.59 Å². The molecule has 1 saturated heterocycles. The molecule has 5 heteroatoms. The first-order chi connectivity index (χ1) is 10.5. The van der Waals surface area contributed by atoms with Gasteiger partial charge in [0.15, 0.2) is 0 Å². The van der Waals surface area contributed by atoms with Gasteiger partial charge in [-0.3, -0.25) is 9.59 Å². The fraction of sp³-hybridized carbons (Fsp3) is 0.529. The van der Waals surface area contributed by atoms with Gasteiger partial charge in [0.2, 0.25) is 5.91 Å². The Labute approximate surface area is 140 Å². The highest BCUT2D eigenvalue weighted by Crippen LogP contribution is 2.19. The van der Waals surface area contributed by atoms with Gasteiger partial charge in [0, 0.05) is 37.1 Å². The second-order valence-electron chi connectivity index (χ2n) is 6.10. The number of carbonyl (C=O) groups is 2. The standard InChI is InChI=1S/C17H23BrN2O2/c1-13(2)12-16(21)19-8-5-9-20(11-10-19)17(22)14-6-3-4-7-15(14)18/h3-4,6-7,13H,5,8-12H2,1-2H3. The van der Waals surface area contributed by atoms with Crippen LogP contribution in [0.5, 0.6) is 0 Å². The second kappa shape index (κ2) is 7.77. The van der Waals surface area contributed by atoms with E-state index in [2.05, 4.69) is 29.8 Å². The molecule has 1 aliphatic heterocycles. The van der Waals surface area contributed by atoms with Crippen LogP contribution in [0.3, 0.4) is 0 Å². The van der Waals surface area contributed by atoms with Gasteiger partial charge in [-0.25, -0.2) is 0 Å². The van der Waals surface area contributed by atoms with Crippen LogP contribution in [0.2, 0.25) is 0 Å². The third kappa shape index (κ3) is 4.32. The van der Waals surface area contributed by atoms with E-state index in [4.69, 9.17) is 0 Å². The van der Waals surface area contributed by atoms with Gasteiger partial charge >= 0.3 is 0 Å². The smallest absolute Gasteiger partial charge is 0.255 e. The molecule has 0 radical (unpaired) electrons. The molecule has 1 aliphatic rings. The Morgan fingerprint density at radius 1 is 1.09 bits per heavy atom. The van der Waals surface area contributed by atoms with Crippen LogP contribution in [0.15, 0.2) is 28.7 Å². The molecule has 0 N–H and O–H groups in total. The van der Waals surface area contributed by atoms with Crippen molar-refractivity contribution in [3.05, 3.63) is 34.3 Å². The van der Waals surface area contributed by atoms with Crippen LogP contribution in [0.25, 0.3) is 0 Å². The number of carbonyl (C=O) groups excluding carboxylic acids is 2. The zero-order chi connectivity index (χ0) is 16.1.